The molecule has 1 aromatic carbocycles. The lowest BCUT2D eigenvalue weighted by molar-refractivity contribution is -0.115. The van der Waals surface area contributed by atoms with Crippen molar-refractivity contribution >= 4 is 23.4 Å². The highest BCUT2D eigenvalue weighted by Crippen LogP contribution is 2.31. The van der Waals surface area contributed by atoms with Crippen LogP contribution in [-0.2, 0) is 11.2 Å². The zero-order valence-electron chi connectivity index (χ0n) is 10.4. The van der Waals surface area contributed by atoms with E-state index in [9.17, 15) is 4.79 Å². The van der Waals surface area contributed by atoms with Crippen molar-refractivity contribution in [2.24, 2.45) is 0 Å². The van der Waals surface area contributed by atoms with Gasteiger partial charge in [0.1, 0.15) is 0 Å². The number of nitrogens with zero attached hydrogens (tertiary/aromatic N) is 1. The Bertz CT molecular complexity index is 586. The second kappa shape index (κ2) is 5.45. The monoisotopic (exact) mass is 270 g/mol. The van der Waals surface area contributed by atoms with Crippen LogP contribution in [-0.4, -0.2) is 16.1 Å². The van der Waals surface area contributed by atoms with Crippen LogP contribution in [0.4, 0.5) is 5.69 Å². The summed E-state index contributed by atoms with van der Waals surface area (Å²) in [5.41, 5.74) is 2.17. The van der Waals surface area contributed by atoms with Gasteiger partial charge in [-0.25, -0.2) is 0 Å². The first kappa shape index (κ1) is 12.2. The van der Waals surface area contributed by atoms with E-state index in [2.05, 4.69) is 16.4 Å². The number of fused-ring (bicyclic) bond motifs is 1. The molecule has 4 heteroatoms. The van der Waals surface area contributed by atoms with Gasteiger partial charge < -0.3 is 5.32 Å². The minimum absolute atomic E-state index is 0.0465. The van der Waals surface area contributed by atoms with Crippen molar-refractivity contribution in [2.75, 3.05) is 5.32 Å². The molecule has 1 unspecified atom stereocenters. The van der Waals surface area contributed by atoms with Crippen LogP contribution in [0.25, 0.3) is 0 Å². The summed E-state index contributed by atoms with van der Waals surface area (Å²) >= 11 is 1.60. The van der Waals surface area contributed by atoms with Crippen molar-refractivity contribution in [2.45, 2.75) is 23.0 Å². The summed E-state index contributed by atoms with van der Waals surface area (Å²) in [4.78, 5) is 17.3. The molecule has 2 aromatic rings. The summed E-state index contributed by atoms with van der Waals surface area (Å²) in [6.45, 7) is 0. The van der Waals surface area contributed by atoms with Crippen LogP contribution in [0.3, 0.4) is 0 Å². The van der Waals surface area contributed by atoms with Crippen molar-refractivity contribution in [3.05, 3.63) is 54.4 Å². The zero-order chi connectivity index (χ0) is 13.1. The Morgan fingerprint density at radius 2 is 1.95 bits per heavy atom. The van der Waals surface area contributed by atoms with Gasteiger partial charge in [-0.3, -0.25) is 9.78 Å². The van der Waals surface area contributed by atoms with Crippen LogP contribution in [0, 0.1) is 0 Å². The number of aromatic nitrogens is 1. The Balaban J connectivity index is 1.78. The van der Waals surface area contributed by atoms with Crippen molar-refractivity contribution in [3.8, 4) is 0 Å². The van der Waals surface area contributed by atoms with Gasteiger partial charge >= 0.3 is 0 Å². The number of rotatable bonds is 2. The number of amides is 1. The maximum absolute atomic E-state index is 12.2. The number of aryl methyl sites for hydroxylation is 1. The average molecular weight is 270 g/mol. The maximum atomic E-state index is 12.2. The number of para-hydroxylation sites is 1. The first-order valence-corrected chi connectivity index (χ1v) is 7.16. The lowest BCUT2D eigenvalue weighted by Gasteiger charge is -2.12. The first-order chi connectivity index (χ1) is 9.33. The van der Waals surface area contributed by atoms with Crippen molar-refractivity contribution < 1.29 is 4.79 Å². The van der Waals surface area contributed by atoms with E-state index in [0.29, 0.717) is 0 Å². The Labute approximate surface area is 116 Å². The molecule has 1 atom stereocenters. The molecule has 1 amide bonds. The van der Waals surface area contributed by atoms with Crippen LogP contribution < -0.4 is 5.32 Å². The third kappa shape index (κ3) is 2.79. The smallest absolute Gasteiger partial charge is 0.237 e. The number of pyridine rings is 1. The van der Waals surface area contributed by atoms with Crippen LogP contribution in [0.2, 0.25) is 0 Å². The predicted molar refractivity (Wildman–Crippen MR) is 77.3 cm³/mol. The molecule has 1 N–H and O–H groups in total. The van der Waals surface area contributed by atoms with Crippen molar-refractivity contribution in [3.63, 3.8) is 0 Å². The van der Waals surface area contributed by atoms with E-state index < -0.39 is 0 Å². The first-order valence-electron chi connectivity index (χ1n) is 6.28. The summed E-state index contributed by atoms with van der Waals surface area (Å²) in [7, 11) is 0. The Kier molecular flexibility index (Phi) is 3.51. The van der Waals surface area contributed by atoms with E-state index in [1.54, 1.807) is 24.2 Å². The molecule has 96 valence electrons. The highest BCUT2D eigenvalue weighted by molar-refractivity contribution is 8.00. The van der Waals surface area contributed by atoms with E-state index in [-0.39, 0.29) is 11.2 Å². The number of benzene rings is 1. The summed E-state index contributed by atoms with van der Waals surface area (Å²) < 4.78 is 0. The maximum Gasteiger partial charge on any atom is 0.237 e. The van der Waals surface area contributed by atoms with Gasteiger partial charge in [-0.15, -0.1) is 11.8 Å². The molecule has 0 saturated carbocycles. The molecule has 0 radical (unpaired) electrons. The second-order valence-corrected chi connectivity index (χ2v) is 5.75. The molecule has 19 heavy (non-hydrogen) atoms. The number of carbonyl (C=O) groups is 1. The number of hydrogen-bond acceptors (Lipinski definition) is 3. The molecule has 1 aromatic heterocycles. The summed E-state index contributed by atoms with van der Waals surface area (Å²) in [6, 6.07) is 11.9. The topological polar surface area (TPSA) is 42.0 Å². The normalized spacial score (nSPS) is 18.3. The van der Waals surface area contributed by atoms with E-state index in [1.807, 2.05) is 30.3 Å². The van der Waals surface area contributed by atoms with E-state index in [1.165, 1.54) is 5.56 Å². The Morgan fingerprint density at radius 3 is 2.79 bits per heavy atom. The fourth-order valence-corrected chi connectivity index (χ4v) is 3.19. The highest BCUT2D eigenvalue weighted by Gasteiger charge is 2.24. The fraction of sp³-hybridized carbons (Fsp3) is 0.200. The van der Waals surface area contributed by atoms with Crippen LogP contribution >= 0.6 is 11.8 Å². The quantitative estimate of drug-likeness (QED) is 0.911. The SMILES string of the molecule is O=C1Nc2ccccc2CCC1Sc1ccncc1. The second-order valence-electron chi connectivity index (χ2n) is 4.47. The minimum Gasteiger partial charge on any atom is -0.325 e. The lowest BCUT2D eigenvalue weighted by Crippen LogP contribution is -2.23. The lowest BCUT2D eigenvalue weighted by atomic mass is 10.1. The molecule has 0 spiro atoms. The van der Waals surface area contributed by atoms with Gasteiger partial charge in [0.15, 0.2) is 0 Å². The van der Waals surface area contributed by atoms with Gasteiger partial charge in [0.25, 0.3) is 0 Å². The average Bonchev–Trinajstić information content (AvgIpc) is 2.60. The molecule has 0 saturated heterocycles. The summed E-state index contributed by atoms with van der Waals surface area (Å²) in [5.74, 6) is 0.0896. The molecule has 0 fully saturated rings. The summed E-state index contributed by atoms with van der Waals surface area (Å²) in [5, 5.41) is 2.97. The number of hydrogen-bond donors (Lipinski definition) is 1. The van der Waals surface area contributed by atoms with Crippen molar-refractivity contribution in [1.82, 2.24) is 4.98 Å². The number of thioether (sulfide) groups is 1. The van der Waals surface area contributed by atoms with E-state index in [4.69, 9.17) is 0 Å². The van der Waals surface area contributed by atoms with E-state index >= 15 is 0 Å². The van der Waals surface area contributed by atoms with Gasteiger partial charge in [-0.1, -0.05) is 18.2 Å². The number of anilines is 1. The standard InChI is InChI=1S/C15H14N2OS/c18-15-14(19-12-7-9-16-10-8-12)6-5-11-3-1-2-4-13(11)17-15/h1-4,7-10,14H,5-6H2,(H,17,18). The third-order valence-corrected chi connectivity index (χ3v) is 4.45. The molecular formula is C15H14N2OS. The predicted octanol–water partition coefficient (Wildman–Crippen LogP) is 3.13. The number of carbonyl (C=O) groups excluding carboxylic acids is 1. The third-order valence-electron chi connectivity index (χ3n) is 3.17. The fourth-order valence-electron chi connectivity index (χ4n) is 2.18. The van der Waals surface area contributed by atoms with Gasteiger partial charge in [-0.05, 0) is 36.6 Å². The van der Waals surface area contributed by atoms with Gasteiger partial charge in [0.05, 0.1) is 5.25 Å². The van der Waals surface area contributed by atoms with Crippen LogP contribution in [0.5, 0.6) is 0 Å². The largest absolute Gasteiger partial charge is 0.325 e. The zero-order valence-corrected chi connectivity index (χ0v) is 11.2. The molecule has 3 nitrogen and oxygen atoms in total. The van der Waals surface area contributed by atoms with Crippen LogP contribution in [0.1, 0.15) is 12.0 Å². The molecule has 1 aliphatic heterocycles. The Morgan fingerprint density at radius 1 is 1.16 bits per heavy atom. The van der Waals surface area contributed by atoms with E-state index in [0.717, 1.165) is 23.4 Å². The molecule has 0 bridgehead atoms. The molecular weight excluding hydrogens is 256 g/mol. The van der Waals surface area contributed by atoms with Crippen molar-refractivity contribution in [1.29, 1.82) is 0 Å². The molecule has 3 rings (SSSR count). The minimum atomic E-state index is -0.0465. The van der Waals surface area contributed by atoms with Crippen LogP contribution in [0.15, 0.2) is 53.7 Å². The highest BCUT2D eigenvalue weighted by atomic mass is 32.2. The van der Waals surface area contributed by atoms with Gasteiger partial charge in [-0.2, -0.15) is 0 Å². The van der Waals surface area contributed by atoms with Gasteiger partial charge in [0.2, 0.25) is 5.91 Å². The summed E-state index contributed by atoms with van der Waals surface area (Å²) in [6.07, 6.45) is 5.30. The van der Waals surface area contributed by atoms with Gasteiger partial charge in [0, 0.05) is 23.0 Å². The molecule has 0 aliphatic carbocycles. The Hall–Kier alpha value is -1.81. The molecule has 1 aliphatic rings. The number of nitrogens with one attached hydrogen (secondary N) is 1. The molecule has 2 heterocycles.